The molecule has 0 aliphatic carbocycles. The van der Waals surface area contributed by atoms with Crippen LogP contribution >= 0.6 is 11.6 Å². The molecule has 0 spiro atoms. The first-order valence-electron chi connectivity index (χ1n) is 10.3. The normalized spacial score (nSPS) is 11.6. The van der Waals surface area contributed by atoms with E-state index in [9.17, 15) is 19.5 Å². The van der Waals surface area contributed by atoms with Crippen LogP contribution in [0.4, 0.5) is 0 Å². The third-order valence-electron chi connectivity index (χ3n) is 5.47. The molecule has 1 heterocycles. The van der Waals surface area contributed by atoms with Gasteiger partial charge in [0.05, 0.1) is 5.39 Å². The summed E-state index contributed by atoms with van der Waals surface area (Å²) in [4.78, 5) is 36.9. The minimum atomic E-state index is -1.34. The van der Waals surface area contributed by atoms with E-state index < -0.39 is 11.9 Å². The third-order valence-corrected chi connectivity index (χ3v) is 5.72. The zero-order valence-corrected chi connectivity index (χ0v) is 22.4. The van der Waals surface area contributed by atoms with E-state index in [4.69, 9.17) is 11.6 Å². The Morgan fingerprint density at radius 1 is 0.941 bits per heavy atom. The Morgan fingerprint density at radius 2 is 1.56 bits per heavy atom. The molecule has 0 saturated heterocycles. The van der Waals surface area contributed by atoms with Gasteiger partial charge in [-0.3, -0.25) is 9.59 Å². The number of hydrogen-bond acceptors (Lipinski definition) is 6. The molecule has 166 valence electrons. The summed E-state index contributed by atoms with van der Waals surface area (Å²) in [5.41, 5.74) is 2.37. The van der Waals surface area contributed by atoms with Crippen molar-refractivity contribution in [3.63, 3.8) is 0 Å². The first-order valence-corrected chi connectivity index (χ1v) is 10.7. The molecular formula is C25H19ClKN3O4. The Bertz CT molecular complexity index is 1370. The number of aliphatic carboxylic acids is 1. The van der Waals surface area contributed by atoms with Crippen molar-refractivity contribution in [2.45, 2.75) is 19.4 Å². The minimum Gasteiger partial charge on any atom is -0.550 e. The Balaban J connectivity index is 0.00000324. The van der Waals surface area contributed by atoms with Crippen molar-refractivity contribution in [1.82, 2.24) is 15.0 Å². The van der Waals surface area contributed by atoms with Gasteiger partial charge >= 0.3 is 51.4 Å². The summed E-state index contributed by atoms with van der Waals surface area (Å²) in [6, 6.07) is 21.0. The molecule has 3 aromatic carbocycles. The quantitative estimate of drug-likeness (QED) is 0.252. The van der Waals surface area contributed by atoms with E-state index in [1.807, 2.05) is 12.1 Å². The monoisotopic (exact) mass is 499 g/mol. The van der Waals surface area contributed by atoms with Gasteiger partial charge < -0.3 is 9.90 Å². The largest absolute Gasteiger partial charge is 1.00 e. The number of fused-ring (bicyclic) bond motifs is 1. The molecule has 1 aromatic heterocycles. The summed E-state index contributed by atoms with van der Waals surface area (Å²) in [5, 5.41) is 20.5. The van der Waals surface area contributed by atoms with Crippen molar-refractivity contribution in [1.29, 1.82) is 0 Å². The van der Waals surface area contributed by atoms with Gasteiger partial charge in [-0.2, -0.15) is 0 Å². The predicted octanol–water partition coefficient (Wildman–Crippen LogP) is 0.145. The Labute approximate surface area is 243 Å². The van der Waals surface area contributed by atoms with Crippen LogP contribution < -0.4 is 62.1 Å². The number of carbonyl (C=O) groups is 2. The molecule has 0 saturated carbocycles. The van der Waals surface area contributed by atoms with E-state index in [1.54, 1.807) is 60.7 Å². The summed E-state index contributed by atoms with van der Waals surface area (Å²) >= 11 is 5.92. The zero-order valence-electron chi connectivity index (χ0n) is 18.5. The van der Waals surface area contributed by atoms with Crippen LogP contribution in [0, 0.1) is 5.92 Å². The molecule has 34 heavy (non-hydrogen) atoms. The van der Waals surface area contributed by atoms with Crippen LogP contribution in [0.25, 0.3) is 22.0 Å². The van der Waals surface area contributed by atoms with E-state index in [0.717, 1.165) is 15.8 Å². The predicted molar refractivity (Wildman–Crippen MR) is 123 cm³/mol. The van der Waals surface area contributed by atoms with Crippen LogP contribution in [0.1, 0.15) is 23.2 Å². The van der Waals surface area contributed by atoms with Gasteiger partial charge in [0, 0.05) is 35.4 Å². The van der Waals surface area contributed by atoms with Gasteiger partial charge in [-0.25, -0.2) is 4.68 Å². The molecular weight excluding hydrogens is 481 g/mol. The fourth-order valence-corrected chi connectivity index (χ4v) is 3.71. The second-order valence-electron chi connectivity index (χ2n) is 7.65. The van der Waals surface area contributed by atoms with Crippen molar-refractivity contribution >= 4 is 34.3 Å². The molecule has 0 amide bonds. The standard InChI is InChI=1S/C25H20ClN3O4.K/c26-20-11-9-17(10-12-20)16-5-7-18(8-6-16)23(30)15-19(25(32)33)13-14-29-24(31)21-3-1-2-4-22(21)27-28-29;/h1-12,19H,13-15H2,(H,32,33);/q;+1/p-1. The number of ketones is 1. The second-order valence-corrected chi connectivity index (χ2v) is 8.09. The van der Waals surface area contributed by atoms with Crippen LogP contribution in [0.2, 0.25) is 5.02 Å². The minimum absolute atomic E-state index is 0. The topological polar surface area (TPSA) is 105 Å². The van der Waals surface area contributed by atoms with E-state index in [1.165, 1.54) is 0 Å². The number of carboxylic acids is 1. The summed E-state index contributed by atoms with van der Waals surface area (Å²) in [7, 11) is 0. The van der Waals surface area contributed by atoms with Crippen molar-refractivity contribution in [3.8, 4) is 11.1 Å². The van der Waals surface area contributed by atoms with Crippen molar-refractivity contribution in [3.05, 3.63) is 93.7 Å². The van der Waals surface area contributed by atoms with Crippen LogP contribution in [-0.2, 0) is 11.3 Å². The summed E-state index contributed by atoms with van der Waals surface area (Å²) in [6.45, 7) is 0.0120. The maximum Gasteiger partial charge on any atom is 1.00 e. The van der Waals surface area contributed by atoms with Gasteiger partial charge in [-0.1, -0.05) is 65.3 Å². The van der Waals surface area contributed by atoms with Crippen molar-refractivity contribution < 1.29 is 66.1 Å². The smallest absolute Gasteiger partial charge is 0.550 e. The number of Topliss-reactive ketones (excluding diaryl/α,β-unsaturated/α-hetero) is 1. The average molecular weight is 500 g/mol. The number of aromatic nitrogens is 3. The van der Waals surface area contributed by atoms with Crippen molar-refractivity contribution in [2.24, 2.45) is 5.92 Å². The molecule has 4 rings (SSSR count). The Kier molecular flexibility index (Phi) is 9.29. The molecule has 0 radical (unpaired) electrons. The summed E-state index contributed by atoms with van der Waals surface area (Å²) in [5.74, 6) is -2.72. The van der Waals surface area contributed by atoms with E-state index in [0.29, 0.717) is 21.5 Å². The van der Waals surface area contributed by atoms with Gasteiger partial charge in [0.15, 0.2) is 5.78 Å². The Hall–Kier alpha value is -2.20. The molecule has 0 aliphatic heterocycles. The van der Waals surface area contributed by atoms with Gasteiger partial charge in [-0.05, 0) is 41.8 Å². The number of halogens is 1. The molecule has 1 atom stereocenters. The maximum atomic E-state index is 12.7. The summed E-state index contributed by atoms with van der Waals surface area (Å²) in [6.07, 6.45) is -0.220. The number of aryl methyl sites for hydroxylation is 1. The molecule has 0 fully saturated rings. The SMILES string of the molecule is O=C(CC(CCn1nnc2ccccc2c1=O)C(=O)[O-])c1ccc(-c2ccc(Cl)cc2)cc1.[K+]. The maximum absolute atomic E-state index is 12.7. The average Bonchev–Trinajstić information content (AvgIpc) is 2.83. The molecule has 0 N–H and O–H groups in total. The molecule has 1 unspecified atom stereocenters. The van der Waals surface area contributed by atoms with Crippen LogP contribution in [0.15, 0.2) is 77.6 Å². The van der Waals surface area contributed by atoms with E-state index in [-0.39, 0.29) is 82.1 Å². The van der Waals surface area contributed by atoms with E-state index >= 15 is 0 Å². The molecule has 9 heteroatoms. The number of rotatable bonds is 8. The van der Waals surface area contributed by atoms with Gasteiger partial charge in [0.1, 0.15) is 5.52 Å². The fraction of sp³-hybridized carbons (Fsp3) is 0.160. The Morgan fingerprint density at radius 3 is 2.21 bits per heavy atom. The van der Waals surface area contributed by atoms with Gasteiger partial charge in [-0.15, -0.1) is 5.10 Å². The van der Waals surface area contributed by atoms with Crippen LogP contribution in [0.3, 0.4) is 0 Å². The zero-order chi connectivity index (χ0) is 23.4. The number of carboxylic acid groups (broad SMARTS) is 1. The molecule has 0 aliphatic rings. The number of hydrogen-bond donors (Lipinski definition) is 0. The number of carbonyl (C=O) groups excluding carboxylic acids is 2. The first-order chi connectivity index (χ1) is 15.9. The summed E-state index contributed by atoms with van der Waals surface area (Å²) < 4.78 is 1.11. The second kappa shape index (κ2) is 12.0. The number of benzene rings is 3. The van der Waals surface area contributed by atoms with Crippen LogP contribution in [0.5, 0.6) is 0 Å². The fourth-order valence-electron chi connectivity index (χ4n) is 3.58. The van der Waals surface area contributed by atoms with E-state index in [2.05, 4.69) is 10.3 Å². The first kappa shape index (κ1) is 26.4. The van der Waals surface area contributed by atoms with Crippen LogP contribution in [-0.4, -0.2) is 26.7 Å². The third kappa shape index (κ3) is 6.27. The van der Waals surface area contributed by atoms with Gasteiger partial charge in [0.2, 0.25) is 0 Å². The van der Waals surface area contributed by atoms with Gasteiger partial charge in [0.25, 0.3) is 5.56 Å². The molecule has 4 aromatic rings. The number of nitrogens with zero attached hydrogens (tertiary/aromatic N) is 3. The molecule has 7 nitrogen and oxygen atoms in total. The molecule has 0 bridgehead atoms. The van der Waals surface area contributed by atoms with Crippen molar-refractivity contribution in [2.75, 3.05) is 0 Å².